The summed E-state index contributed by atoms with van der Waals surface area (Å²) in [6.45, 7) is 7.26. The van der Waals surface area contributed by atoms with Gasteiger partial charge in [-0.25, -0.2) is 0 Å². The van der Waals surface area contributed by atoms with Gasteiger partial charge in [0.05, 0.1) is 0 Å². The Hall–Kier alpha value is 0.474. The summed E-state index contributed by atoms with van der Waals surface area (Å²) in [4.78, 5) is 0. The summed E-state index contributed by atoms with van der Waals surface area (Å²) in [7, 11) is 0. The number of aliphatic hydroxyl groups is 2. The molecule has 0 fully saturated rings. The van der Waals surface area contributed by atoms with Gasteiger partial charge in [0.2, 0.25) is 0 Å². The first-order chi connectivity index (χ1) is 9.47. The molecule has 0 aromatic heterocycles. The molecule has 7 heteroatoms. The van der Waals surface area contributed by atoms with Gasteiger partial charge in [-0.3, -0.25) is 0 Å². The van der Waals surface area contributed by atoms with Gasteiger partial charge < -0.3 is 0 Å². The van der Waals surface area contributed by atoms with Crippen LogP contribution in [0.1, 0.15) is 27.2 Å². The van der Waals surface area contributed by atoms with Crippen molar-refractivity contribution < 1.29 is 35.4 Å². The second-order valence-electron chi connectivity index (χ2n) is 5.44. The first-order valence-electron chi connectivity index (χ1n) is 7.70. The molecule has 6 nitrogen and oxygen atoms in total. The SMILES string of the molecule is CC[O][Ti]([CH2]CO)([CH2]CO)([CH2]CCN)([O]CC)[O]CC. The summed E-state index contributed by atoms with van der Waals surface area (Å²) >= 11 is -4.93. The Labute approximate surface area is 122 Å². The van der Waals surface area contributed by atoms with Crippen molar-refractivity contribution in [1.82, 2.24) is 0 Å². The Balaban J connectivity index is 6.01. The molecule has 0 aliphatic carbocycles. The second kappa shape index (κ2) is 8.20. The van der Waals surface area contributed by atoms with Crippen molar-refractivity contribution in [3.05, 3.63) is 0 Å². The Kier molecular flexibility index (Phi) is 8.39. The molecule has 0 saturated heterocycles. The minimum absolute atomic E-state index is 0.0881. The molecule has 0 amide bonds. The van der Waals surface area contributed by atoms with Crippen LogP contribution < -0.4 is 5.73 Å². The Morgan fingerprint density at radius 3 is 1.45 bits per heavy atom. The summed E-state index contributed by atoms with van der Waals surface area (Å²) in [5, 5.41) is 19.3. The molecule has 0 spiro atoms. The molecule has 0 aromatic carbocycles. The molecule has 124 valence electrons. The summed E-state index contributed by atoms with van der Waals surface area (Å²) < 4.78 is 19.9. The molecule has 0 aliphatic heterocycles. The van der Waals surface area contributed by atoms with Gasteiger partial charge >= 0.3 is 122 Å². The van der Waals surface area contributed by atoms with Crippen molar-refractivity contribution in [3.8, 4) is 0 Å². The van der Waals surface area contributed by atoms with E-state index in [4.69, 9.17) is 15.7 Å². The van der Waals surface area contributed by atoms with Gasteiger partial charge in [-0.05, 0) is 0 Å². The molecule has 0 rings (SSSR count). The first-order valence-corrected chi connectivity index (χ1v) is 12.9. The molecule has 0 radical (unpaired) electrons. The quantitative estimate of drug-likeness (QED) is 0.444. The van der Waals surface area contributed by atoms with E-state index < -0.39 is 15.2 Å². The van der Waals surface area contributed by atoms with Crippen molar-refractivity contribution in [3.63, 3.8) is 0 Å². The normalized spacial score (nSPS) is 15.9. The Bertz CT molecular complexity index is 228. The number of hydrogen-bond acceptors (Lipinski definition) is 6. The van der Waals surface area contributed by atoms with Crippen LogP contribution in [-0.4, -0.2) is 49.8 Å². The standard InChI is InChI=1S/C3H8N.5C2H5O.Ti/c1-2-3-4;5*1-2-3;/h1-4H2;3*2H2,1H3;2*3H,1-2H2;/q;3*-1;;;+3. The molecule has 0 aromatic rings. The van der Waals surface area contributed by atoms with Crippen molar-refractivity contribution in [2.45, 2.75) is 41.4 Å². The molecule has 0 unspecified atom stereocenters. The zero-order chi connectivity index (χ0) is 15.6. The fourth-order valence-electron chi connectivity index (χ4n) is 3.58. The predicted octanol–water partition coefficient (Wildman–Crippen LogP) is 1.65. The van der Waals surface area contributed by atoms with Crippen LogP contribution in [0.3, 0.4) is 0 Å². The van der Waals surface area contributed by atoms with Gasteiger partial charge in [0.25, 0.3) is 0 Å². The van der Waals surface area contributed by atoms with E-state index in [1.54, 1.807) is 0 Å². The van der Waals surface area contributed by atoms with Crippen LogP contribution in [0.2, 0.25) is 14.2 Å². The maximum atomic E-state index is 9.63. The van der Waals surface area contributed by atoms with E-state index >= 15 is 0 Å². The fraction of sp³-hybridized carbons (Fsp3) is 1.00. The molecular weight excluding hydrogens is 298 g/mol. The van der Waals surface area contributed by atoms with Gasteiger partial charge in [0.1, 0.15) is 0 Å². The molecule has 0 saturated carbocycles. The van der Waals surface area contributed by atoms with E-state index in [1.165, 1.54) is 0 Å². The van der Waals surface area contributed by atoms with Gasteiger partial charge in [-0.1, -0.05) is 0 Å². The third kappa shape index (κ3) is 4.02. The fourth-order valence-corrected chi connectivity index (χ4v) is 14.8. The van der Waals surface area contributed by atoms with Crippen molar-refractivity contribution in [2.24, 2.45) is 5.73 Å². The van der Waals surface area contributed by atoms with Gasteiger partial charge in [0, 0.05) is 0 Å². The summed E-state index contributed by atoms with van der Waals surface area (Å²) in [6, 6.07) is 0. The second-order valence-corrected chi connectivity index (χ2v) is 16.3. The number of aliphatic hydroxyl groups excluding tert-OH is 2. The predicted molar refractivity (Wildman–Crippen MR) is 77.1 cm³/mol. The third-order valence-electron chi connectivity index (χ3n) is 4.29. The zero-order valence-corrected chi connectivity index (χ0v) is 14.8. The Morgan fingerprint density at radius 1 is 0.800 bits per heavy atom. The van der Waals surface area contributed by atoms with E-state index in [9.17, 15) is 10.2 Å². The first kappa shape index (κ1) is 20.5. The summed E-state index contributed by atoms with van der Waals surface area (Å²) in [6.07, 6.45) is 0.685. The van der Waals surface area contributed by atoms with Gasteiger partial charge in [0.15, 0.2) is 0 Å². The summed E-state index contributed by atoms with van der Waals surface area (Å²) in [5.74, 6) is 0. The van der Waals surface area contributed by atoms with E-state index in [0.717, 1.165) is 0 Å². The maximum absolute atomic E-state index is 9.63. The van der Waals surface area contributed by atoms with Crippen molar-refractivity contribution in [2.75, 3.05) is 39.6 Å². The van der Waals surface area contributed by atoms with Gasteiger partial charge in [-0.15, -0.1) is 0 Å². The van der Waals surface area contributed by atoms with Crippen molar-refractivity contribution >= 4 is 0 Å². The van der Waals surface area contributed by atoms with Crippen LogP contribution in [0.5, 0.6) is 0 Å². The van der Waals surface area contributed by atoms with E-state index in [2.05, 4.69) is 0 Å². The number of nitrogens with two attached hydrogens (primary N) is 1. The molecular formula is C13H33NO5Ti. The average Bonchev–Trinajstić information content (AvgIpc) is 2.39. The zero-order valence-electron chi connectivity index (χ0n) is 13.3. The molecule has 0 atom stereocenters. The van der Waals surface area contributed by atoms with Crippen molar-refractivity contribution in [1.29, 1.82) is 0 Å². The minimum atomic E-state index is -4.93. The Morgan fingerprint density at radius 2 is 1.20 bits per heavy atom. The van der Waals surface area contributed by atoms with Crippen LogP contribution >= 0.6 is 0 Å². The van der Waals surface area contributed by atoms with E-state index in [0.29, 0.717) is 47.0 Å². The molecule has 0 aliphatic rings. The van der Waals surface area contributed by atoms with Crippen LogP contribution in [0, 0.1) is 0 Å². The van der Waals surface area contributed by atoms with Gasteiger partial charge in [-0.2, -0.15) is 0 Å². The van der Waals surface area contributed by atoms with Crippen LogP contribution in [0.15, 0.2) is 0 Å². The monoisotopic (exact) mass is 331 g/mol. The van der Waals surface area contributed by atoms with E-state index in [-0.39, 0.29) is 13.2 Å². The third-order valence-corrected chi connectivity index (χ3v) is 17.0. The molecule has 4 N–H and O–H groups in total. The van der Waals surface area contributed by atoms with Crippen LogP contribution in [0.4, 0.5) is 0 Å². The van der Waals surface area contributed by atoms with Crippen LogP contribution in [-0.2, 0) is 25.1 Å². The number of rotatable bonds is 13. The molecule has 0 heterocycles. The summed E-state index contributed by atoms with van der Waals surface area (Å²) in [5.41, 5.74) is 5.67. The average molecular weight is 331 g/mol. The van der Waals surface area contributed by atoms with E-state index in [1.807, 2.05) is 20.8 Å². The molecule has 20 heavy (non-hydrogen) atoms. The topological polar surface area (TPSA) is 94.2 Å². The van der Waals surface area contributed by atoms with Crippen LogP contribution in [0.25, 0.3) is 0 Å². The molecule has 0 bridgehead atoms. The number of hydrogen-bond donors (Lipinski definition) is 3.